The van der Waals surface area contributed by atoms with Crippen molar-refractivity contribution in [3.8, 4) is 17.5 Å². The van der Waals surface area contributed by atoms with Crippen LogP contribution in [0.2, 0.25) is 0 Å². The third-order valence-electron chi connectivity index (χ3n) is 5.82. The van der Waals surface area contributed by atoms with Crippen molar-refractivity contribution in [2.24, 2.45) is 0 Å². The Hall–Kier alpha value is -2.65. The van der Waals surface area contributed by atoms with Gasteiger partial charge in [0.25, 0.3) is 11.8 Å². The van der Waals surface area contributed by atoms with Crippen molar-refractivity contribution in [3.05, 3.63) is 30.7 Å². The molecule has 2 aliphatic heterocycles. The molecule has 0 aliphatic carbocycles. The molecule has 1 N–H and O–H groups in total. The minimum Gasteiger partial charge on any atom is -0.484 e. The molecule has 31 heavy (non-hydrogen) atoms. The first-order valence-electron chi connectivity index (χ1n) is 11.0. The molecule has 2 aliphatic rings. The summed E-state index contributed by atoms with van der Waals surface area (Å²) in [7, 11) is 2.14. The Kier molecular flexibility index (Phi) is 7.37. The lowest BCUT2D eigenvalue weighted by Crippen LogP contribution is -2.50. The van der Waals surface area contributed by atoms with Gasteiger partial charge >= 0.3 is 0 Å². The van der Waals surface area contributed by atoms with E-state index >= 15 is 0 Å². The number of pyridine rings is 1. The van der Waals surface area contributed by atoms with Crippen molar-refractivity contribution in [2.75, 3.05) is 57.9 Å². The Morgan fingerprint density at radius 1 is 1.03 bits per heavy atom. The van der Waals surface area contributed by atoms with Crippen molar-refractivity contribution in [1.29, 1.82) is 0 Å². The van der Waals surface area contributed by atoms with Gasteiger partial charge in [0.15, 0.2) is 11.6 Å². The van der Waals surface area contributed by atoms with Gasteiger partial charge in [0.1, 0.15) is 19.8 Å². The molecule has 0 unspecified atom stereocenters. The van der Waals surface area contributed by atoms with Gasteiger partial charge in [-0.3, -0.25) is 0 Å². The Labute approximate surface area is 183 Å². The predicted molar refractivity (Wildman–Crippen MR) is 118 cm³/mol. The van der Waals surface area contributed by atoms with Crippen LogP contribution in [0.15, 0.2) is 30.7 Å². The number of hydrogen-bond donors (Lipinski definition) is 1. The fourth-order valence-corrected chi connectivity index (χ4v) is 4.02. The number of likely N-dealkylation sites (N-methyl/N-ethyl adjacent to an activating group) is 1. The predicted octanol–water partition coefficient (Wildman–Crippen LogP) is 1.60. The average Bonchev–Trinajstić information content (AvgIpc) is 3.21. The summed E-state index contributed by atoms with van der Waals surface area (Å²) in [5.41, 5.74) is 0. The van der Waals surface area contributed by atoms with E-state index in [9.17, 15) is 0 Å². The van der Waals surface area contributed by atoms with Crippen LogP contribution in [0.3, 0.4) is 0 Å². The number of nitrogens with zero attached hydrogens (tertiary/aromatic N) is 5. The van der Waals surface area contributed by atoms with E-state index in [1.165, 1.54) is 6.42 Å². The van der Waals surface area contributed by atoms with Crippen LogP contribution < -0.4 is 24.4 Å². The van der Waals surface area contributed by atoms with Crippen LogP contribution in [0.4, 0.5) is 5.82 Å². The maximum atomic E-state index is 5.96. The highest BCUT2D eigenvalue weighted by Gasteiger charge is 2.24. The van der Waals surface area contributed by atoms with Gasteiger partial charge in [-0.05, 0) is 45.5 Å². The monoisotopic (exact) mass is 428 g/mol. The summed E-state index contributed by atoms with van der Waals surface area (Å²) in [4.78, 5) is 17.8. The fourth-order valence-electron chi connectivity index (χ4n) is 4.02. The van der Waals surface area contributed by atoms with E-state index in [0.717, 1.165) is 38.4 Å². The van der Waals surface area contributed by atoms with Gasteiger partial charge < -0.3 is 29.3 Å². The molecule has 4 rings (SSSR count). The molecule has 0 aromatic carbocycles. The zero-order valence-corrected chi connectivity index (χ0v) is 18.4. The van der Waals surface area contributed by atoms with E-state index in [-0.39, 0.29) is 0 Å². The molecule has 0 radical (unpaired) electrons. The summed E-state index contributed by atoms with van der Waals surface area (Å²) in [6.45, 7) is 7.33. The van der Waals surface area contributed by atoms with Gasteiger partial charge in [-0.2, -0.15) is 0 Å². The lowest BCUT2D eigenvalue weighted by molar-refractivity contribution is 0.175. The minimum atomic E-state index is 0.332. The highest BCUT2D eigenvalue weighted by atomic mass is 16.5. The van der Waals surface area contributed by atoms with E-state index in [1.807, 2.05) is 12.1 Å². The van der Waals surface area contributed by atoms with E-state index in [0.29, 0.717) is 49.4 Å². The Bertz CT molecular complexity index is 838. The Morgan fingerprint density at radius 3 is 2.71 bits per heavy atom. The number of piperazine rings is 1. The zero-order valence-electron chi connectivity index (χ0n) is 18.4. The van der Waals surface area contributed by atoms with Gasteiger partial charge in [0, 0.05) is 50.3 Å². The quantitative estimate of drug-likeness (QED) is 0.599. The smallest absolute Gasteiger partial charge is 0.257 e. The van der Waals surface area contributed by atoms with Crippen molar-refractivity contribution >= 4 is 5.82 Å². The zero-order chi connectivity index (χ0) is 21.5. The van der Waals surface area contributed by atoms with Crippen molar-refractivity contribution in [2.45, 2.75) is 31.8 Å². The molecule has 4 heterocycles. The second-order valence-corrected chi connectivity index (χ2v) is 8.02. The number of rotatable bonds is 9. The fraction of sp³-hybridized carbons (Fsp3) is 0.591. The largest absolute Gasteiger partial charge is 0.484 e. The summed E-state index contributed by atoms with van der Waals surface area (Å²) >= 11 is 0. The highest BCUT2D eigenvalue weighted by Crippen LogP contribution is 2.27. The normalized spacial score (nSPS) is 21.8. The SMILES string of the molecule is C[C@@H]1CNCCN1c1nccnc1OCCOc1cccnc1OC[C@@H]1CCCN1C. The molecule has 2 saturated heterocycles. The molecule has 0 spiro atoms. The Balaban J connectivity index is 1.30. The first-order chi connectivity index (χ1) is 15.2. The maximum absolute atomic E-state index is 5.96. The Morgan fingerprint density at radius 2 is 1.87 bits per heavy atom. The second-order valence-electron chi connectivity index (χ2n) is 8.02. The average molecular weight is 429 g/mol. The summed E-state index contributed by atoms with van der Waals surface area (Å²) in [5, 5.41) is 3.39. The summed E-state index contributed by atoms with van der Waals surface area (Å²) < 4.78 is 17.8. The maximum Gasteiger partial charge on any atom is 0.257 e. The van der Waals surface area contributed by atoms with E-state index in [2.05, 4.69) is 44.0 Å². The van der Waals surface area contributed by atoms with Crippen LogP contribution in [0, 0.1) is 0 Å². The van der Waals surface area contributed by atoms with Crippen LogP contribution in [-0.2, 0) is 0 Å². The summed E-state index contributed by atoms with van der Waals surface area (Å²) in [5.74, 6) is 2.47. The molecule has 0 saturated carbocycles. The van der Waals surface area contributed by atoms with Gasteiger partial charge in [-0.15, -0.1) is 0 Å². The molecule has 9 nitrogen and oxygen atoms in total. The van der Waals surface area contributed by atoms with Gasteiger partial charge in [-0.25, -0.2) is 15.0 Å². The van der Waals surface area contributed by atoms with E-state index in [4.69, 9.17) is 14.2 Å². The number of aromatic nitrogens is 3. The van der Waals surface area contributed by atoms with E-state index in [1.54, 1.807) is 18.6 Å². The third-order valence-corrected chi connectivity index (χ3v) is 5.82. The molecule has 168 valence electrons. The minimum absolute atomic E-state index is 0.332. The molecule has 2 aromatic rings. The van der Waals surface area contributed by atoms with Crippen LogP contribution in [0.5, 0.6) is 17.5 Å². The van der Waals surface area contributed by atoms with Crippen molar-refractivity contribution in [3.63, 3.8) is 0 Å². The van der Waals surface area contributed by atoms with Gasteiger partial charge in [0.05, 0.1) is 0 Å². The lowest BCUT2D eigenvalue weighted by atomic mass is 10.2. The molecule has 2 fully saturated rings. The van der Waals surface area contributed by atoms with Gasteiger partial charge in [-0.1, -0.05) is 0 Å². The highest BCUT2D eigenvalue weighted by molar-refractivity contribution is 5.49. The number of ether oxygens (including phenoxy) is 3. The lowest BCUT2D eigenvalue weighted by Gasteiger charge is -2.35. The number of anilines is 1. The van der Waals surface area contributed by atoms with Crippen LogP contribution in [0.1, 0.15) is 19.8 Å². The summed E-state index contributed by atoms with van der Waals surface area (Å²) in [6.07, 6.45) is 7.44. The van der Waals surface area contributed by atoms with Crippen LogP contribution in [-0.4, -0.2) is 85.0 Å². The van der Waals surface area contributed by atoms with Gasteiger partial charge in [0.2, 0.25) is 0 Å². The first-order valence-corrected chi connectivity index (χ1v) is 11.0. The topological polar surface area (TPSA) is 84.9 Å². The number of nitrogens with one attached hydrogen (secondary N) is 1. The number of likely N-dealkylation sites (tertiary alicyclic amines) is 1. The molecular formula is C22H32N6O3. The molecule has 2 atom stereocenters. The van der Waals surface area contributed by atoms with Crippen LogP contribution in [0.25, 0.3) is 0 Å². The van der Waals surface area contributed by atoms with E-state index < -0.39 is 0 Å². The molecule has 0 bridgehead atoms. The first kappa shape index (κ1) is 21.6. The number of hydrogen-bond acceptors (Lipinski definition) is 9. The van der Waals surface area contributed by atoms with Crippen molar-refractivity contribution in [1.82, 2.24) is 25.2 Å². The molecule has 0 amide bonds. The third kappa shape index (κ3) is 5.54. The molecule has 2 aromatic heterocycles. The van der Waals surface area contributed by atoms with Crippen molar-refractivity contribution < 1.29 is 14.2 Å². The molecule has 9 heteroatoms. The second kappa shape index (κ2) is 10.6. The molecular weight excluding hydrogens is 396 g/mol. The summed E-state index contributed by atoms with van der Waals surface area (Å²) in [6, 6.07) is 4.48. The standard InChI is InChI=1S/C22H32N6O3/c1-17-15-23-10-12-28(17)20-22(26-9-8-24-20)30-14-13-29-19-6-3-7-25-21(19)31-16-18-5-4-11-27(18)2/h3,6-9,17-18,23H,4-5,10-16H2,1-2H3/t17-,18+/m1/s1. The van der Waals surface area contributed by atoms with Crippen LogP contribution >= 0.6 is 0 Å².